The van der Waals surface area contributed by atoms with E-state index >= 15 is 0 Å². The second-order valence-corrected chi connectivity index (χ2v) is 5.67. The fourth-order valence-electron chi connectivity index (χ4n) is 3.22. The van der Waals surface area contributed by atoms with Gasteiger partial charge in [0.1, 0.15) is 5.75 Å². The van der Waals surface area contributed by atoms with Gasteiger partial charge in [0.05, 0.1) is 0 Å². The van der Waals surface area contributed by atoms with Gasteiger partial charge in [0.15, 0.2) is 0 Å². The van der Waals surface area contributed by atoms with Crippen molar-refractivity contribution in [2.45, 2.75) is 50.5 Å². The zero-order chi connectivity index (χ0) is 12.5. The van der Waals surface area contributed by atoms with Crippen LogP contribution in [0.5, 0.6) is 5.75 Å². The van der Waals surface area contributed by atoms with Crippen LogP contribution in [0.25, 0.3) is 0 Å². The number of phenolic OH excluding ortho intramolecular Hbond substituents is 1. The van der Waals surface area contributed by atoms with Crippen molar-refractivity contribution in [3.05, 3.63) is 29.8 Å². The quantitative estimate of drug-likeness (QED) is 0.822. The summed E-state index contributed by atoms with van der Waals surface area (Å²) < 4.78 is 0. The number of hydrogen-bond donors (Lipinski definition) is 2. The topological polar surface area (TPSA) is 32.3 Å². The van der Waals surface area contributed by atoms with Crippen LogP contribution in [0.2, 0.25) is 0 Å². The molecule has 2 N–H and O–H groups in total. The Kier molecular flexibility index (Phi) is 3.17. The van der Waals surface area contributed by atoms with E-state index < -0.39 is 0 Å². The van der Waals surface area contributed by atoms with Crippen molar-refractivity contribution in [3.8, 4) is 5.75 Å². The molecule has 0 heterocycles. The smallest absolute Gasteiger partial charge is 0.115 e. The van der Waals surface area contributed by atoms with Crippen molar-refractivity contribution in [1.29, 1.82) is 0 Å². The van der Waals surface area contributed by atoms with Crippen LogP contribution in [-0.4, -0.2) is 17.7 Å². The van der Waals surface area contributed by atoms with Crippen LogP contribution >= 0.6 is 0 Å². The molecule has 2 rings (SSSR count). The summed E-state index contributed by atoms with van der Waals surface area (Å²) >= 11 is 0. The lowest BCUT2D eigenvalue weighted by atomic mass is 9.59. The van der Waals surface area contributed by atoms with Gasteiger partial charge in [0.2, 0.25) is 0 Å². The van der Waals surface area contributed by atoms with Crippen LogP contribution < -0.4 is 5.32 Å². The summed E-state index contributed by atoms with van der Waals surface area (Å²) in [6, 6.07) is 7.74. The minimum absolute atomic E-state index is 0.0960. The first-order valence-electron chi connectivity index (χ1n) is 6.50. The molecule has 0 saturated heterocycles. The maximum atomic E-state index is 9.68. The van der Waals surface area contributed by atoms with Gasteiger partial charge >= 0.3 is 0 Å². The van der Waals surface area contributed by atoms with Crippen molar-refractivity contribution in [3.63, 3.8) is 0 Å². The van der Waals surface area contributed by atoms with E-state index in [1.807, 2.05) is 19.2 Å². The van der Waals surface area contributed by atoms with E-state index in [-0.39, 0.29) is 11.0 Å². The highest BCUT2D eigenvalue weighted by atomic mass is 16.3. The second kappa shape index (κ2) is 4.34. The van der Waals surface area contributed by atoms with Gasteiger partial charge in [0.25, 0.3) is 0 Å². The lowest BCUT2D eigenvalue weighted by Gasteiger charge is -2.50. The van der Waals surface area contributed by atoms with E-state index in [1.54, 1.807) is 6.07 Å². The molecule has 0 amide bonds. The molecule has 1 aromatic rings. The zero-order valence-electron chi connectivity index (χ0n) is 11.1. The van der Waals surface area contributed by atoms with Gasteiger partial charge in [-0.3, -0.25) is 0 Å². The third-order valence-electron chi connectivity index (χ3n) is 4.86. The molecule has 0 aromatic heterocycles. The summed E-state index contributed by atoms with van der Waals surface area (Å²) in [5.74, 6) is 0.368. The molecule has 94 valence electrons. The van der Waals surface area contributed by atoms with Crippen molar-refractivity contribution >= 4 is 0 Å². The number of rotatable bonds is 2. The Morgan fingerprint density at radius 3 is 2.53 bits per heavy atom. The maximum absolute atomic E-state index is 9.68. The van der Waals surface area contributed by atoms with Gasteiger partial charge in [-0.05, 0) is 44.5 Å². The molecule has 2 heteroatoms. The third kappa shape index (κ3) is 1.95. The third-order valence-corrected chi connectivity index (χ3v) is 4.86. The first-order chi connectivity index (χ1) is 8.02. The van der Waals surface area contributed by atoms with Crippen molar-refractivity contribution < 1.29 is 5.11 Å². The van der Waals surface area contributed by atoms with E-state index in [9.17, 15) is 5.11 Å². The molecule has 0 bridgehead atoms. The van der Waals surface area contributed by atoms with Gasteiger partial charge in [-0.2, -0.15) is 0 Å². The number of likely N-dealkylation sites (N-methyl/N-ethyl adjacent to an activating group) is 1. The number of benzene rings is 1. The minimum Gasteiger partial charge on any atom is -0.508 e. The Hall–Kier alpha value is -1.02. The van der Waals surface area contributed by atoms with Gasteiger partial charge in [0, 0.05) is 11.0 Å². The molecular formula is C15H23NO. The predicted octanol–water partition coefficient (Wildman–Crippen LogP) is 3.20. The second-order valence-electron chi connectivity index (χ2n) is 5.67. The van der Waals surface area contributed by atoms with Crippen LogP contribution in [0.1, 0.15) is 45.1 Å². The van der Waals surface area contributed by atoms with E-state index in [0.29, 0.717) is 5.75 Å². The van der Waals surface area contributed by atoms with Crippen LogP contribution in [-0.2, 0) is 5.41 Å². The minimum atomic E-state index is 0.0960. The van der Waals surface area contributed by atoms with Crippen molar-refractivity contribution in [1.82, 2.24) is 5.32 Å². The Bertz CT molecular complexity index is 404. The average Bonchev–Trinajstić information content (AvgIpc) is 2.33. The predicted molar refractivity (Wildman–Crippen MR) is 71.4 cm³/mol. The van der Waals surface area contributed by atoms with E-state index in [0.717, 1.165) is 0 Å². The van der Waals surface area contributed by atoms with Crippen molar-refractivity contribution in [2.24, 2.45) is 0 Å². The fraction of sp³-hybridized carbons (Fsp3) is 0.600. The van der Waals surface area contributed by atoms with E-state index in [1.165, 1.54) is 31.2 Å². The number of phenols is 1. The van der Waals surface area contributed by atoms with E-state index in [4.69, 9.17) is 0 Å². The van der Waals surface area contributed by atoms with Crippen LogP contribution in [0.15, 0.2) is 24.3 Å². The van der Waals surface area contributed by atoms with E-state index in [2.05, 4.69) is 25.2 Å². The van der Waals surface area contributed by atoms with Crippen LogP contribution in [0.4, 0.5) is 0 Å². The zero-order valence-corrected chi connectivity index (χ0v) is 11.1. The highest BCUT2D eigenvalue weighted by Crippen LogP contribution is 2.46. The molecule has 1 saturated carbocycles. The lowest BCUT2D eigenvalue weighted by Crippen LogP contribution is -2.58. The molecule has 2 unspecified atom stereocenters. The van der Waals surface area contributed by atoms with Crippen LogP contribution in [0, 0.1) is 0 Å². The first-order valence-corrected chi connectivity index (χ1v) is 6.50. The molecule has 1 aliphatic rings. The molecule has 1 aromatic carbocycles. The average molecular weight is 233 g/mol. The number of aromatic hydroxyl groups is 1. The summed E-state index contributed by atoms with van der Waals surface area (Å²) in [6.07, 6.45) is 4.92. The standard InChI is InChI=1S/C15H23NO/c1-14(12-7-6-8-13(17)11-12)9-4-5-10-15(14,2)16-3/h6-8,11,16-17H,4-5,9-10H2,1-3H3. The maximum Gasteiger partial charge on any atom is 0.115 e. The van der Waals surface area contributed by atoms with Crippen molar-refractivity contribution in [2.75, 3.05) is 7.05 Å². The van der Waals surface area contributed by atoms with Gasteiger partial charge < -0.3 is 10.4 Å². The Labute approximate surface area is 104 Å². The largest absolute Gasteiger partial charge is 0.508 e. The van der Waals surface area contributed by atoms with Gasteiger partial charge in [-0.25, -0.2) is 0 Å². The molecule has 0 radical (unpaired) electrons. The molecule has 2 nitrogen and oxygen atoms in total. The highest BCUT2D eigenvalue weighted by molar-refractivity contribution is 5.36. The summed E-state index contributed by atoms with van der Waals surface area (Å²) in [5, 5.41) is 13.2. The Balaban J connectivity index is 2.45. The van der Waals surface area contributed by atoms with Gasteiger partial charge in [-0.1, -0.05) is 31.9 Å². The molecule has 1 aliphatic carbocycles. The molecular weight excluding hydrogens is 210 g/mol. The molecule has 0 aliphatic heterocycles. The first kappa shape index (κ1) is 12.4. The summed E-state index contributed by atoms with van der Waals surface area (Å²) in [7, 11) is 2.05. The number of nitrogens with one attached hydrogen (secondary N) is 1. The summed E-state index contributed by atoms with van der Waals surface area (Å²) in [5.41, 5.74) is 1.45. The van der Waals surface area contributed by atoms with Crippen LogP contribution in [0.3, 0.4) is 0 Å². The highest BCUT2D eigenvalue weighted by Gasteiger charge is 2.46. The molecule has 17 heavy (non-hydrogen) atoms. The Morgan fingerprint density at radius 1 is 1.18 bits per heavy atom. The van der Waals surface area contributed by atoms with Gasteiger partial charge in [-0.15, -0.1) is 0 Å². The summed E-state index contributed by atoms with van der Waals surface area (Å²) in [6.45, 7) is 4.62. The fourth-order valence-corrected chi connectivity index (χ4v) is 3.22. The molecule has 2 atom stereocenters. The lowest BCUT2D eigenvalue weighted by molar-refractivity contribution is 0.142. The normalized spacial score (nSPS) is 33.6. The summed E-state index contributed by atoms with van der Waals surface area (Å²) in [4.78, 5) is 0. The molecule has 1 fully saturated rings. The number of hydrogen-bond acceptors (Lipinski definition) is 2. The molecule has 0 spiro atoms. The Morgan fingerprint density at radius 2 is 1.88 bits per heavy atom. The monoisotopic (exact) mass is 233 g/mol. The SMILES string of the molecule is CNC1(C)CCCCC1(C)c1cccc(O)c1.